The van der Waals surface area contributed by atoms with Gasteiger partial charge < -0.3 is 25.2 Å². The number of ether oxygens (including phenoxy) is 2. The number of rotatable bonds is 9. The van der Waals surface area contributed by atoms with Crippen LogP contribution in [0.2, 0.25) is 0 Å². The molecular weight excluding hydrogens is 516 g/mol. The quantitative estimate of drug-likeness (QED) is 0.260. The Balaban J connectivity index is 1.33. The molecule has 1 saturated heterocycles. The molecule has 202 valence electrons. The number of hydrogen-bond donors (Lipinski definition) is 3. The minimum atomic E-state index is -0.601. The van der Waals surface area contributed by atoms with Crippen LogP contribution >= 0.6 is 11.8 Å². The number of anilines is 1. The van der Waals surface area contributed by atoms with Gasteiger partial charge in [-0.25, -0.2) is 4.79 Å². The fourth-order valence-electron chi connectivity index (χ4n) is 4.25. The van der Waals surface area contributed by atoms with Crippen molar-refractivity contribution in [1.82, 2.24) is 25.5 Å². The van der Waals surface area contributed by atoms with E-state index >= 15 is 0 Å². The summed E-state index contributed by atoms with van der Waals surface area (Å²) in [7, 11) is 0. The molecule has 1 aliphatic rings. The van der Waals surface area contributed by atoms with Gasteiger partial charge in [-0.2, -0.15) is 4.68 Å². The summed E-state index contributed by atoms with van der Waals surface area (Å²) in [6.45, 7) is 2.40. The Kier molecular flexibility index (Phi) is 8.84. The summed E-state index contributed by atoms with van der Waals surface area (Å²) >= 11 is 1.53. The molecule has 1 fully saturated rings. The van der Waals surface area contributed by atoms with Crippen molar-refractivity contribution in [3.63, 3.8) is 0 Å². The SMILES string of the molecule is CCNC(=O)Nc1ccc([C@@H]2O[C@H](CSc3nnnn3-c3ccccc3)C[C@H](c3ccc(CO)cc3)O2)cc1. The second-order valence-electron chi connectivity index (χ2n) is 8.98. The van der Waals surface area contributed by atoms with Crippen LogP contribution in [0, 0.1) is 0 Å². The Hall–Kier alpha value is -3.77. The van der Waals surface area contributed by atoms with Gasteiger partial charge in [-0.05, 0) is 52.7 Å². The molecule has 3 atom stereocenters. The number of hydrogen-bond acceptors (Lipinski definition) is 8. The highest BCUT2D eigenvalue weighted by molar-refractivity contribution is 7.99. The molecule has 11 heteroatoms. The molecule has 10 nitrogen and oxygen atoms in total. The van der Waals surface area contributed by atoms with Crippen molar-refractivity contribution < 1.29 is 19.4 Å². The molecule has 2 amide bonds. The second-order valence-corrected chi connectivity index (χ2v) is 9.96. The summed E-state index contributed by atoms with van der Waals surface area (Å²) in [6.07, 6.45) is -0.313. The van der Waals surface area contributed by atoms with Crippen molar-refractivity contribution in [2.24, 2.45) is 0 Å². The average Bonchev–Trinajstić information content (AvgIpc) is 3.46. The van der Waals surface area contributed by atoms with E-state index in [0.717, 1.165) is 22.4 Å². The zero-order chi connectivity index (χ0) is 27.0. The lowest BCUT2D eigenvalue weighted by Crippen LogP contribution is -2.31. The largest absolute Gasteiger partial charge is 0.392 e. The molecule has 4 aromatic rings. The standard InChI is InChI=1S/C28H30N6O4S/c1-2-29-27(36)30-22-14-12-21(13-15-22)26-37-24(16-25(38-26)20-10-8-19(17-35)9-11-20)18-39-28-31-32-33-34(28)23-6-4-3-5-7-23/h3-15,24-26,35H,2,16-18H2,1H3,(H2,29,30,36)/t24-,25+,26+/m0/s1. The van der Waals surface area contributed by atoms with Crippen LogP contribution in [0.3, 0.4) is 0 Å². The summed E-state index contributed by atoms with van der Waals surface area (Å²) in [6, 6.07) is 24.7. The van der Waals surface area contributed by atoms with Gasteiger partial charge in [0, 0.05) is 30.0 Å². The maximum Gasteiger partial charge on any atom is 0.319 e. The van der Waals surface area contributed by atoms with Gasteiger partial charge in [0.1, 0.15) is 0 Å². The van der Waals surface area contributed by atoms with Crippen molar-refractivity contribution in [2.45, 2.75) is 43.6 Å². The molecule has 0 aliphatic carbocycles. The molecule has 0 bridgehead atoms. The van der Waals surface area contributed by atoms with E-state index in [9.17, 15) is 9.90 Å². The summed E-state index contributed by atoms with van der Waals surface area (Å²) in [5.41, 5.74) is 4.27. The smallest absolute Gasteiger partial charge is 0.319 e. The zero-order valence-corrected chi connectivity index (χ0v) is 22.3. The fourth-order valence-corrected chi connectivity index (χ4v) is 5.16. The van der Waals surface area contributed by atoms with E-state index in [1.807, 2.05) is 85.8 Å². The number of aliphatic hydroxyl groups excluding tert-OH is 1. The van der Waals surface area contributed by atoms with Gasteiger partial charge in [0.05, 0.1) is 24.5 Å². The number of aliphatic hydroxyl groups is 1. The zero-order valence-electron chi connectivity index (χ0n) is 21.4. The third kappa shape index (κ3) is 6.82. The Morgan fingerprint density at radius 1 is 1.03 bits per heavy atom. The number of para-hydroxylation sites is 1. The monoisotopic (exact) mass is 546 g/mol. The predicted molar refractivity (Wildman–Crippen MR) is 147 cm³/mol. The molecule has 0 spiro atoms. The van der Waals surface area contributed by atoms with Gasteiger partial charge in [0.25, 0.3) is 0 Å². The topological polar surface area (TPSA) is 123 Å². The molecule has 1 aromatic heterocycles. The Labute approximate surface area is 230 Å². The van der Waals surface area contributed by atoms with Crippen LogP contribution in [-0.4, -0.2) is 49.7 Å². The lowest BCUT2D eigenvalue weighted by molar-refractivity contribution is -0.245. The lowest BCUT2D eigenvalue weighted by atomic mass is 10.0. The van der Waals surface area contributed by atoms with E-state index in [-0.39, 0.29) is 24.8 Å². The van der Waals surface area contributed by atoms with E-state index in [0.29, 0.717) is 29.6 Å². The highest BCUT2D eigenvalue weighted by Crippen LogP contribution is 2.39. The molecule has 3 aromatic carbocycles. The van der Waals surface area contributed by atoms with E-state index < -0.39 is 6.29 Å². The van der Waals surface area contributed by atoms with Crippen LogP contribution in [0.15, 0.2) is 84.0 Å². The number of benzene rings is 3. The number of amides is 2. The van der Waals surface area contributed by atoms with Crippen LogP contribution < -0.4 is 10.6 Å². The molecule has 3 N–H and O–H groups in total. The maximum atomic E-state index is 11.9. The van der Waals surface area contributed by atoms with Crippen molar-refractivity contribution in [3.05, 3.63) is 95.6 Å². The third-order valence-corrected chi connectivity index (χ3v) is 7.28. The first-order valence-electron chi connectivity index (χ1n) is 12.7. The van der Waals surface area contributed by atoms with Crippen LogP contribution in [-0.2, 0) is 16.1 Å². The van der Waals surface area contributed by atoms with Gasteiger partial charge in [-0.15, -0.1) is 5.10 Å². The molecule has 1 aliphatic heterocycles. The molecule has 2 heterocycles. The fraction of sp³-hybridized carbons (Fsp3) is 0.286. The maximum absolute atomic E-state index is 11.9. The Morgan fingerprint density at radius 3 is 2.49 bits per heavy atom. The molecule has 0 unspecified atom stereocenters. The summed E-state index contributed by atoms with van der Waals surface area (Å²) in [5.74, 6) is 0.620. The van der Waals surface area contributed by atoms with Gasteiger partial charge in [0.15, 0.2) is 6.29 Å². The summed E-state index contributed by atoms with van der Waals surface area (Å²) in [5, 5.41) is 27.9. The normalized spacial score (nSPS) is 19.0. The van der Waals surface area contributed by atoms with Crippen LogP contribution in [0.25, 0.3) is 5.69 Å². The van der Waals surface area contributed by atoms with Gasteiger partial charge in [-0.1, -0.05) is 66.4 Å². The summed E-state index contributed by atoms with van der Waals surface area (Å²) < 4.78 is 14.5. The second kappa shape index (κ2) is 12.9. The van der Waals surface area contributed by atoms with Crippen LogP contribution in [0.5, 0.6) is 0 Å². The number of carbonyl (C=O) groups is 1. The third-order valence-electron chi connectivity index (χ3n) is 6.23. The highest BCUT2D eigenvalue weighted by Gasteiger charge is 2.32. The molecule has 0 saturated carbocycles. The number of carbonyl (C=O) groups excluding carboxylic acids is 1. The van der Waals surface area contributed by atoms with E-state index in [2.05, 4.69) is 26.2 Å². The Morgan fingerprint density at radius 2 is 1.77 bits per heavy atom. The Bertz CT molecular complexity index is 1350. The summed E-state index contributed by atoms with van der Waals surface area (Å²) in [4.78, 5) is 11.9. The van der Waals surface area contributed by atoms with Crippen molar-refractivity contribution in [1.29, 1.82) is 0 Å². The predicted octanol–water partition coefficient (Wildman–Crippen LogP) is 4.63. The van der Waals surface area contributed by atoms with Crippen LogP contribution in [0.1, 0.15) is 42.4 Å². The number of urea groups is 1. The number of aromatic nitrogens is 4. The van der Waals surface area contributed by atoms with Crippen LogP contribution in [0.4, 0.5) is 10.5 Å². The van der Waals surface area contributed by atoms with E-state index in [1.54, 1.807) is 4.68 Å². The van der Waals surface area contributed by atoms with Crippen molar-refractivity contribution in [3.8, 4) is 5.69 Å². The molecule has 5 rings (SSSR count). The minimum absolute atomic E-state index is 0.0103. The lowest BCUT2D eigenvalue weighted by Gasteiger charge is -2.36. The van der Waals surface area contributed by atoms with E-state index in [4.69, 9.17) is 9.47 Å². The van der Waals surface area contributed by atoms with Gasteiger partial charge in [0.2, 0.25) is 5.16 Å². The van der Waals surface area contributed by atoms with Crippen molar-refractivity contribution in [2.75, 3.05) is 17.6 Å². The number of nitrogens with zero attached hydrogens (tertiary/aromatic N) is 4. The molecular formula is C28H30N6O4S. The number of thioether (sulfide) groups is 1. The molecule has 39 heavy (non-hydrogen) atoms. The van der Waals surface area contributed by atoms with Gasteiger partial charge >= 0.3 is 6.03 Å². The van der Waals surface area contributed by atoms with Crippen molar-refractivity contribution >= 4 is 23.5 Å². The minimum Gasteiger partial charge on any atom is -0.392 e. The van der Waals surface area contributed by atoms with Gasteiger partial charge in [-0.3, -0.25) is 0 Å². The first-order chi connectivity index (χ1) is 19.1. The number of tetrazole rings is 1. The number of nitrogens with one attached hydrogen (secondary N) is 2. The highest BCUT2D eigenvalue weighted by atomic mass is 32.2. The van der Waals surface area contributed by atoms with E-state index in [1.165, 1.54) is 11.8 Å². The first kappa shape index (κ1) is 26.8. The first-order valence-corrected chi connectivity index (χ1v) is 13.7. The average molecular weight is 547 g/mol. The molecule has 0 radical (unpaired) electrons.